The molecular weight excluding hydrogens is 326 g/mol. The number of hydrogen-bond acceptors (Lipinski definition) is 4. The van der Waals surface area contributed by atoms with Gasteiger partial charge in [0.2, 0.25) is 0 Å². The fourth-order valence-corrected chi connectivity index (χ4v) is 2.48. The number of carbonyl (C=O) groups excluding carboxylic acids is 1. The van der Waals surface area contributed by atoms with E-state index in [9.17, 15) is 4.79 Å². The topological polar surface area (TPSA) is 77.2 Å². The number of ether oxygens (including phenoxy) is 1. The van der Waals surface area contributed by atoms with Gasteiger partial charge in [0.15, 0.2) is 0 Å². The molecule has 0 bridgehead atoms. The van der Waals surface area contributed by atoms with Gasteiger partial charge in [0.25, 0.3) is 5.91 Å². The summed E-state index contributed by atoms with van der Waals surface area (Å²) in [4.78, 5) is 16.7. The second-order valence-corrected chi connectivity index (χ2v) is 6.22. The van der Waals surface area contributed by atoms with Gasteiger partial charge >= 0.3 is 0 Å². The summed E-state index contributed by atoms with van der Waals surface area (Å²) in [7, 11) is 0. The van der Waals surface area contributed by atoms with Crippen molar-refractivity contribution in [3.8, 4) is 11.5 Å². The Morgan fingerprint density at radius 3 is 2.46 bits per heavy atom. The van der Waals surface area contributed by atoms with Gasteiger partial charge in [-0.2, -0.15) is 0 Å². The van der Waals surface area contributed by atoms with Crippen molar-refractivity contribution in [2.45, 2.75) is 20.8 Å². The van der Waals surface area contributed by atoms with Crippen molar-refractivity contribution in [1.29, 1.82) is 0 Å². The third-order valence-electron chi connectivity index (χ3n) is 4.09. The second kappa shape index (κ2) is 7.27. The lowest BCUT2D eigenvalue weighted by atomic mass is 10.1. The van der Waals surface area contributed by atoms with Crippen LogP contribution in [0, 0.1) is 20.8 Å². The number of benzene rings is 2. The Morgan fingerprint density at radius 1 is 1.00 bits per heavy atom. The molecule has 5 nitrogen and oxygen atoms in total. The summed E-state index contributed by atoms with van der Waals surface area (Å²) >= 11 is 0. The molecule has 0 radical (unpaired) electrons. The van der Waals surface area contributed by atoms with Crippen molar-refractivity contribution in [1.82, 2.24) is 4.98 Å². The standard InChI is InChI=1S/C21H21N3O2/c1-13-7-9-17(10-8-13)26-18-6-4-5-16(12-18)24-21(25)19-11-14(2)15(3)23-20(19)22/h4-12H,1-3H3,(H2,22,23)(H,24,25). The number of amides is 1. The van der Waals surface area contributed by atoms with E-state index in [-0.39, 0.29) is 11.7 Å². The summed E-state index contributed by atoms with van der Waals surface area (Å²) in [6.07, 6.45) is 0. The number of pyridine rings is 1. The van der Waals surface area contributed by atoms with E-state index in [1.807, 2.05) is 57.2 Å². The van der Waals surface area contributed by atoms with E-state index in [0.29, 0.717) is 17.0 Å². The third-order valence-corrected chi connectivity index (χ3v) is 4.09. The van der Waals surface area contributed by atoms with Gasteiger partial charge in [0, 0.05) is 17.4 Å². The number of aromatic nitrogens is 1. The fourth-order valence-electron chi connectivity index (χ4n) is 2.48. The normalized spacial score (nSPS) is 10.4. The number of nitrogens with one attached hydrogen (secondary N) is 1. The van der Waals surface area contributed by atoms with Crippen molar-refractivity contribution in [2.75, 3.05) is 11.1 Å². The van der Waals surface area contributed by atoms with E-state index in [1.165, 1.54) is 0 Å². The Morgan fingerprint density at radius 2 is 1.73 bits per heavy atom. The largest absolute Gasteiger partial charge is 0.457 e. The zero-order valence-electron chi connectivity index (χ0n) is 15.0. The molecule has 3 aromatic rings. The van der Waals surface area contributed by atoms with Crippen molar-refractivity contribution < 1.29 is 9.53 Å². The Labute approximate surface area is 152 Å². The van der Waals surface area contributed by atoms with Gasteiger partial charge in [-0.25, -0.2) is 4.98 Å². The molecule has 0 saturated carbocycles. The van der Waals surface area contributed by atoms with Gasteiger partial charge in [0.1, 0.15) is 17.3 Å². The highest BCUT2D eigenvalue weighted by Crippen LogP contribution is 2.25. The maximum absolute atomic E-state index is 12.5. The monoisotopic (exact) mass is 347 g/mol. The first kappa shape index (κ1) is 17.5. The number of nitrogen functional groups attached to an aromatic ring is 1. The van der Waals surface area contributed by atoms with E-state index >= 15 is 0 Å². The average molecular weight is 347 g/mol. The summed E-state index contributed by atoms with van der Waals surface area (Å²) < 4.78 is 5.83. The van der Waals surface area contributed by atoms with Crippen LogP contribution in [0.2, 0.25) is 0 Å². The number of anilines is 2. The summed E-state index contributed by atoms with van der Waals surface area (Å²) in [6.45, 7) is 5.78. The van der Waals surface area contributed by atoms with Crippen LogP contribution in [0.15, 0.2) is 54.6 Å². The van der Waals surface area contributed by atoms with Gasteiger partial charge < -0.3 is 15.8 Å². The molecule has 0 aliphatic rings. The molecule has 0 fully saturated rings. The smallest absolute Gasteiger partial charge is 0.259 e. The maximum atomic E-state index is 12.5. The lowest BCUT2D eigenvalue weighted by Crippen LogP contribution is -2.15. The third kappa shape index (κ3) is 4.00. The van der Waals surface area contributed by atoms with Crippen LogP contribution in [0.4, 0.5) is 11.5 Å². The van der Waals surface area contributed by atoms with Crippen LogP contribution in [0.3, 0.4) is 0 Å². The molecule has 132 valence electrons. The molecule has 0 aliphatic heterocycles. The second-order valence-electron chi connectivity index (χ2n) is 6.22. The molecular formula is C21H21N3O2. The Kier molecular flexibility index (Phi) is 4.89. The zero-order valence-corrected chi connectivity index (χ0v) is 15.0. The van der Waals surface area contributed by atoms with E-state index in [4.69, 9.17) is 10.5 Å². The summed E-state index contributed by atoms with van der Waals surface area (Å²) in [6, 6.07) is 16.7. The number of carbonyl (C=O) groups is 1. The molecule has 0 unspecified atom stereocenters. The molecule has 0 saturated heterocycles. The average Bonchev–Trinajstić information content (AvgIpc) is 2.60. The molecule has 3 rings (SSSR count). The molecule has 0 aliphatic carbocycles. The van der Waals surface area contributed by atoms with Crippen molar-refractivity contribution in [2.24, 2.45) is 0 Å². The molecule has 0 spiro atoms. The van der Waals surface area contributed by atoms with Crippen LogP contribution >= 0.6 is 0 Å². The molecule has 3 N–H and O–H groups in total. The predicted molar refractivity (Wildman–Crippen MR) is 104 cm³/mol. The Hall–Kier alpha value is -3.34. The lowest BCUT2D eigenvalue weighted by molar-refractivity contribution is 0.102. The highest BCUT2D eigenvalue weighted by molar-refractivity contribution is 6.07. The quantitative estimate of drug-likeness (QED) is 0.721. The summed E-state index contributed by atoms with van der Waals surface area (Å²) in [5.41, 5.74) is 9.77. The highest BCUT2D eigenvalue weighted by Gasteiger charge is 2.13. The van der Waals surface area contributed by atoms with E-state index in [2.05, 4.69) is 10.3 Å². The van der Waals surface area contributed by atoms with Gasteiger partial charge in [-0.15, -0.1) is 0 Å². The van der Waals surface area contributed by atoms with Crippen LogP contribution in [0.1, 0.15) is 27.2 Å². The number of hydrogen-bond donors (Lipinski definition) is 2. The first-order valence-corrected chi connectivity index (χ1v) is 8.32. The molecule has 5 heteroatoms. The first-order chi connectivity index (χ1) is 12.4. The summed E-state index contributed by atoms with van der Waals surface area (Å²) in [5.74, 6) is 1.29. The molecule has 1 heterocycles. The molecule has 2 aromatic carbocycles. The number of nitrogens with two attached hydrogens (primary N) is 1. The van der Waals surface area contributed by atoms with Crippen LogP contribution in [0.25, 0.3) is 0 Å². The van der Waals surface area contributed by atoms with Crippen LogP contribution in [-0.2, 0) is 0 Å². The highest BCUT2D eigenvalue weighted by atomic mass is 16.5. The molecule has 26 heavy (non-hydrogen) atoms. The number of nitrogens with zero attached hydrogens (tertiary/aromatic N) is 1. The predicted octanol–water partition coefficient (Wildman–Crippen LogP) is 4.63. The van der Waals surface area contributed by atoms with Gasteiger partial charge in [-0.1, -0.05) is 23.8 Å². The van der Waals surface area contributed by atoms with Crippen LogP contribution < -0.4 is 15.8 Å². The van der Waals surface area contributed by atoms with E-state index in [0.717, 1.165) is 22.6 Å². The lowest BCUT2D eigenvalue weighted by Gasteiger charge is -2.11. The molecule has 0 atom stereocenters. The van der Waals surface area contributed by atoms with Gasteiger partial charge in [-0.05, 0) is 56.7 Å². The van der Waals surface area contributed by atoms with Crippen molar-refractivity contribution in [3.63, 3.8) is 0 Å². The Balaban J connectivity index is 1.77. The van der Waals surface area contributed by atoms with Gasteiger partial charge in [0.05, 0.1) is 5.56 Å². The Bertz CT molecular complexity index is 950. The maximum Gasteiger partial charge on any atom is 0.259 e. The van der Waals surface area contributed by atoms with E-state index in [1.54, 1.807) is 18.2 Å². The molecule has 1 amide bonds. The van der Waals surface area contributed by atoms with Crippen LogP contribution in [-0.4, -0.2) is 10.9 Å². The number of aryl methyl sites for hydroxylation is 3. The zero-order chi connectivity index (χ0) is 18.7. The van der Waals surface area contributed by atoms with Crippen molar-refractivity contribution >= 4 is 17.4 Å². The minimum absolute atomic E-state index is 0.220. The SMILES string of the molecule is Cc1ccc(Oc2cccc(NC(=O)c3cc(C)c(C)nc3N)c2)cc1. The fraction of sp³-hybridized carbons (Fsp3) is 0.143. The summed E-state index contributed by atoms with van der Waals surface area (Å²) in [5, 5.41) is 2.84. The molecule has 1 aromatic heterocycles. The van der Waals surface area contributed by atoms with Gasteiger partial charge in [-0.3, -0.25) is 4.79 Å². The van der Waals surface area contributed by atoms with E-state index < -0.39 is 0 Å². The number of rotatable bonds is 4. The first-order valence-electron chi connectivity index (χ1n) is 8.32. The van der Waals surface area contributed by atoms with Crippen LogP contribution in [0.5, 0.6) is 11.5 Å². The minimum atomic E-state index is -0.300. The van der Waals surface area contributed by atoms with Crippen molar-refractivity contribution in [3.05, 3.63) is 77.0 Å². The minimum Gasteiger partial charge on any atom is -0.457 e.